The van der Waals surface area contributed by atoms with Crippen molar-refractivity contribution >= 4 is 23.4 Å². The van der Waals surface area contributed by atoms with Gasteiger partial charge in [-0.25, -0.2) is 4.68 Å². The number of aryl methyl sites for hydroxylation is 2. The van der Waals surface area contributed by atoms with Crippen LogP contribution >= 0.6 is 11.8 Å². The predicted molar refractivity (Wildman–Crippen MR) is 133 cm³/mol. The third kappa shape index (κ3) is 3.33. The highest BCUT2D eigenvalue weighted by molar-refractivity contribution is 7.98. The van der Waals surface area contributed by atoms with Crippen LogP contribution in [0.15, 0.2) is 83.5 Å². The molecule has 0 spiro atoms. The van der Waals surface area contributed by atoms with E-state index in [2.05, 4.69) is 85.9 Å². The van der Waals surface area contributed by atoms with Gasteiger partial charge >= 0.3 is 0 Å². The zero-order chi connectivity index (χ0) is 22.5. The Morgan fingerprint density at radius 3 is 2.42 bits per heavy atom. The van der Waals surface area contributed by atoms with Crippen molar-refractivity contribution < 1.29 is 4.74 Å². The number of anilines is 1. The molecule has 1 aromatic heterocycles. The molecule has 0 saturated heterocycles. The number of ether oxygens (including phenoxy) is 1. The minimum absolute atomic E-state index is 0.135. The second-order valence-corrected chi connectivity index (χ2v) is 9.32. The first-order chi connectivity index (χ1) is 16.1. The normalized spacial score (nSPS) is 18.6. The summed E-state index contributed by atoms with van der Waals surface area (Å²) in [5, 5.41) is 9.23. The maximum absolute atomic E-state index is 6.70. The number of benzene rings is 3. The van der Waals surface area contributed by atoms with Gasteiger partial charge in [0.05, 0.1) is 5.70 Å². The topological polar surface area (TPSA) is 52.0 Å². The second-order valence-electron chi connectivity index (χ2n) is 8.54. The molecule has 0 bridgehead atoms. The van der Waals surface area contributed by atoms with Crippen molar-refractivity contribution in [3.8, 4) is 5.75 Å². The van der Waals surface area contributed by atoms with Crippen molar-refractivity contribution in [2.24, 2.45) is 0 Å². The monoisotopic (exact) mass is 452 g/mol. The molecule has 0 saturated carbocycles. The molecule has 0 amide bonds. The van der Waals surface area contributed by atoms with Gasteiger partial charge in [-0.1, -0.05) is 83.6 Å². The first-order valence-corrected chi connectivity index (χ1v) is 12.3. The fraction of sp³-hybridized carbons (Fsp3) is 0.185. The van der Waals surface area contributed by atoms with Crippen LogP contribution in [0, 0.1) is 13.8 Å². The van der Waals surface area contributed by atoms with E-state index >= 15 is 0 Å². The van der Waals surface area contributed by atoms with Crippen molar-refractivity contribution in [1.82, 2.24) is 14.8 Å². The largest absolute Gasteiger partial charge is 0.480 e. The van der Waals surface area contributed by atoms with Crippen LogP contribution in [-0.2, 0) is 0 Å². The van der Waals surface area contributed by atoms with Gasteiger partial charge in [-0.15, -0.1) is 5.10 Å². The van der Waals surface area contributed by atoms with Gasteiger partial charge in [0, 0.05) is 11.1 Å². The first kappa shape index (κ1) is 20.1. The summed E-state index contributed by atoms with van der Waals surface area (Å²) in [5.41, 5.74) is 7.96. The Morgan fingerprint density at radius 1 is 0.909 bits per heavy atom. The molecule has 3 heterocycles. The maximum atomic E-state index is 6.70. The van der Waals surface area contributed by atoms with E-state index in [1.165, 1.54) is 11.1 Å². The molecule has 33 heavy (non-hydrogen) atoms. The second kappa shape index (κ2) is 7.81. The van der Waals surface area contributed by atoms with E-state index in [-0.39, 0.29) is 12.1 Å². The average molecular weight is 453 g/mol. The molecule has 164 valence electrons. The molecule has 0 aliphatic carbocycles. The number of fused-ring (bicyclic) bond motifs is 3. The van der Waals surface area contributed by atoms with Gasteiger partial charge in [-0.2, -0.15) is 4.98 Å². The van der Waals surface area contributed by atoms with Crippen LogP contribution in [0.3, 0.4) is 0 Å². The Bertz CT molecular complexity index is 1380. The Hall–Kier alpha value is -3.51. The SMILES string of the molecule is CSc1nc2n(n1)[C@H](c1ccc(C)cc1)C1=C(N2)c2cc(C)ccc2O[C@H]1c1ccccc1. The smallest absolute Gasteiger partial charge is 0.227 e. The molecule has 1 N–H and O–H groups in total. The van der Waals surface area contributed by atoms with Gasteiger partial charge in [-0.05, 0) is 43.4 Å². The number of hydrogen-bond acceptors (Lipinski definition) is 5. The van der Waals surface area contributed by atoms with Crippen LogP contribution in [0.25, 0.3) is 5.70 Å². The van der Waals surface area contributed by atoms with Gasteiger partial charge in [0.1, 0.15) is 17.9 Å². The lowest BCUT2D eigenvalue weighted by molar-refractivity contribution is 0.223. The number of hydrogen-bond donors (Lipinski definition) is 1. The highest BCUT2D eigenvalue weighted by Gasteiger charge is 2.41. The van der Waals surface area contributed by atoms with Crippen LogP contribution in [0.4, 0.5) is 5.95 Å². The molecule has 2 aliphatic rings. The molecule has 0 radical (unpaired) electrons. The van der Waals surface area contributed by atoms with Crippen LogP contribution in [0.2, 0.25) is 0 Å². The minimum atomic E-state index is -0.245. The third-order valence-electron chi connectivity index (χ3n) is 6.29. The molecular formula is C27H24N4OS. The summed E-state index contributed by atoms with van der Waals surface area (Å²) in [4.78, 5) is 4.78. The number of rotatable bonds is 3. The van der Waals surface area contributed by atoms with Gasteiger partial charge in [-0.3, -0.25) is 0 Å². The molecule has 2 aliphatic heterocycles. The number of nitrogens with zero attached hydrogens (tertiary/aromatic N) is 3. The van der Waals surface area contributed by atoms with Crippen LogP contribution in [0.5, 0.6) is 5.75 Å². The van der Waals surface area contributed by atoms with Crippen molar-refractivity contribution in [3.05, 3.63) is 106 Å². The van der Waals surface area contributed by atoms with Crippen molar-refractivity contribution in [1.29, 1.82) is 0 Å². The summed E-state index contributed by atoms with van der Waals surface area (Å²) in [6, 6.07) is 25.3. The van der Waals surface area contributed by atoms with Gasteiger partial charge in [0.15, 0.2) is 0 Å². The third-order valence-corrected chi connectivity index (χ3v) is 6.82. The summed E-state index contributed by atoms with van der Waals surface area (Å²) in [7, 11) is 0. The first-order valence-electron chi connectivity index (χ1n) is 11.0. The van der Waals surface area contributed by atoms with Gasteiger partial charge in [0.25, 0.3) is 0 Å². The predicted octanol–water partition coefficient (Wildman–Crippen LogP) is 6.18. The molecule has 6 heteroatoms. The standard InChI is InChI=1S/C27H24N4OS/c1-16-9-12-18(13-10-16)24-22-23(28-26-29-27(33-3)30-31(24)26)20-15-17(2)11-14-21(20)32-25(22)19-7-5-4-6-8-19/h4-15,24-25H,1-3H3,(H,28,29,30)/t24-,25+/m1/s1. The average Bonchev–Trinajstić information content (AvgIpc) is 3.26. The summed E-state index contributed by atoms with van der Waals surface area (Å²) in [6.07, 6.45) is 1.76. The van der Waals surface area contributed by atoms with E-state index in [4.69, 9.17) is 14.8 Å². The van der Waals surface area contributed by atoms with E-state index in [0.717, 1.165) is 44.8 Å². The summed E-state index contributed by atoms with van der Waals surface area (Å²) in [5.74, 6) is 1.63. The lowest BCUT2D eigenvalue weighted by Crippen LogP contribution is -2.32. The quantitative estimate of drug-likeness (QED) is 0.376. The zero-order valence-electron chi connectivity index (χ0n) is 18.7. The van der Waals surface area contributed by atoms with Crippen LogP contribution in [0.1, 0.15) is 40.0 Å². The molecular weight excluding hydrogens is 428 g/mol. The lowest BCUT2D eigenvalue weighted by atomic mass is 9.84. The summed E-state index contributed by atoms with van der Waals surface area (Å²) in [6.45, 7) is 4.22. The van der Waals surface area contributed by atoms with Crippen LogP contribution < -0.4 is 10.1 Å². The fourth-order valence-electron chi connectivity index (χ4n) is 4.68. The van der Waals surface area contributed by atoms with Gasteiger partial charge < -0.3 is 10.1 Å². The van der Waals surface area contributed by atoms with E-state index in [1.54, 1.807) is 11.8 Å². The van der Waals surface area contributed by atoms with Crippen molar-refractivity contribution in [3.63, 3.8) is 0 Å². The molecule has 4 aromatic rings. The lowest BCUT2D eigenvalue weighted by Gasteiger charge is -2.39. The zero-order valence-corrected chi connectivity index (χ0v) is 19.6. The Balaban J connectivity index is 1.64. The maximum Gasteiger partial charge on any atom is 0.227 e. The van der Waals surface area contributed by atoms with E-state index in [0.29, 0.717) is 0 Å². The Labute approximate surface area is 197 Å². The molecule has 6 rings (SSSR count). The van der Waals surface area contributed by atoms with Crippen molar-refractivity contribution in [2.75, 3.05) is 11.6 Å². The number of aromatic nitrogens is 3. The van der Waals surface area contributed by atoms with E-state index < -0.39 is 0 Å². The van der Waals surface area contributed by atoms with Crippen molar-refractivity contribution in [2.45, 2.75) is 31.1 Å². The molecule has 3 aromatic carbocycles. The molecule has 0 fully saturated rings. The van der Waals surface area contributed by atoms with E-state index in [9.17, 15) is 0 Å². The fourth-order valence-corrected chi connectivity index (χ4v) is 5.03. The summed E-state index contributed by atoms with van der Waals surface area (Å²) >= 11 is 1.55. The Morgan fingerprint density at radius 2 is 1.67 bits per heavy atom. The highest BCUT2D eigenvalue weighted by atomic mass is 32.2. The summed E-state index contributed by atoms with van der Waals surface area (Å²) < 4.78 is 8.71. The van der Waals surface area contributed by atoms with Crippen LogP contribution in [-0.4, -0.2) is 21.0 Å². The highest BCUT2D eigenvalue weighted by Crippen LogP contribution is 2.51. The Kier molecular flexibility index (Phi) is 4.76. The molecule has 2 atom stereocenters. The van der Waals surface area contributed by atoms with E-state index in [1.807, 2.05) is 17.0 Å². The minimum Gasteiger partial charge on any atom is -0.480 e. The number of nitrogens with one attached hydrogen (secondary N) is 1. The molecule has 0 unspecified atom stereocenters. The van der Waals surface area contributed by atoms with Gasteiger partial charge in [0.2, 0.25) is 11.1 Å². The number of thioether (sulfide) groups is 1. The molecule has 5 nitrogen and oxygen atoms in total.